The van der Waals surface area contributed by atoms with Gasteiger partial charge in [0.25, 0.3) is 5.91 Å². The van der Waals surface area contributed by atoms with Crippen molar-refractivity contribution in [3.8, 4) is 0 Å². The van der Waals surface area contributed by atoms with Gasteiger partial charge in [0.15, 0.2) is 0 Å². The van der Waals surface area contributed by atoms with Gasteiger partial charge in [-0.1, -0.05) is 0 Å². The topological polar surface area (TPSA) is 60.0 Å². The van der Waals surface area contributed by atoms with Crippen molar-refractivity contribution >= 4 is 18.3 Å². The van der Waals surface area contributed by atoms with E-state index < -0.39 is 0 Å². The Morgan fingerprint density at radius 1 is 1.65 bits per heavy atom. The first-order valence-electron chi connectivity index (χ1n) is 5.13. The van der Waals surface area contributed by atoms with Crippen molar-refractivity contribution in [1.82, 2.24) is 9.88 Å². The fourth-order valence-electron chi connectivity index (χ4n) is 1.31. The molecule has 6 heteroatoms. The summed E-state index contributed by atoms with van der Waals surface area (Å²) in [6.07, 6.45) is 3.90. The van der Waals surface area contributed by atoms with Crippen molar-refractivity contribution in [2.24, 2.45) is 5.73 Å². The van der Waals surface area contributed by atoms with E-state index in [-0.39, 0.29) is 24.9 Å². The molecule has 0 radical (unpaired) electrons. The molecule has 1 aromatic rings. The molecule has 0 saturated heterocycles. The lowest BCUT2D eigenvalue weighted by molar-refractivity contribution is 0.0956. The normalized spacial score (nSPS) is 10.9. The molecule has 96 valence electrons. The average Bonchev–Trinajstić information content (AvgIpc) is 2.74. The number of hydrogen-bond donors (Lipinski definition) is 2. The van der Waals surface area contributed by atoms with E-state index in [0.29, 0.717) is 30.6 Å². The number of carbonyl (C=O) groups is 1. The SMILES string of the molecule is CCNC(=O)c1ccn(C/C(=C/F)CN)c1.Cl. The lowest BCUT2D eigenvalue weighted by Crippen LogP contribution is -2.22. The van der Waals surface area contributed by atoms with Crippen LogP contribution in [0.3, 0.4) is 0 Å². The predicted octanol–water partition coefficient (Wildman–Crippen LogP) is 1.47. The first-order valence-corrected chi connectivity index (χ1v) is 5.13. The van der Waals surface area contributed by atoms with Crippen LogP contribution >= 0.6 is 12.4 Å². The zero-order valence-corrected chi connectivity index (χ0v) is 10.5. The maximum Gasteiger partial charge on any atom is 0.252 e. The lowest BCUT2D eigenvalue weighted by atomic mass is 10.3. The Hall–Kier alpha value is -1.33. The van der Waals surface area contributed by atoms with E-state index in [1.165, 1.54) is 0 Å². The van der Waals surface area contributed by atoms with Crippen molar-refractivity contribution in [2.45, 2.75) is 13.5 Å². The van der Waals surface area contributed by atoms with Gasteiger partial charge in [0.05, 0.1) is 11.9 Å². The summed E-state index contributed by atoms with van der Waals surface area (Å²) in [5, 5.41) is 2.69. The van der Waals surface area contributed by atoms with E-state index in [2.05, 4.69) is 5.32 Å². The summed E-state index contributed by atoms with van der Waals surface area (Å²) in [5.74, 6) is -0.125. The molecular formula is C11H17ClFN3O. The Balaban J connectivity index is 0.00000256. The van der Waals surface area contributed by atoms with Gasteiger partial charge in [-0.05, 0) is 18.6 Å². The predicted molar refractivity (Wildman–Crippen MR) is 67.9 cm³/mol. The first kappa shape index (κ1) is 15.7. The van der Waals surface area contributed by atoms with E-state index >= 15 is 0 Å². The summed E-state index contributed by atoms with van der Waals surface area (Å²) in [6.45, 7) is 2.98. The highest BCUT2D eigenvalue weighted by atomic mass is 35.5. The summed E-state index contributed by atoms with van der Waals surface area (Å²) in [6, 6.07) is 1.69. The molecule has 0 aromatic carbocycles. The molecule has 4 nitrogen and oxygen atoms in total. The number of amides is 1. The number of halogens is 2. The summed E-state index contributed by atoms with van der Waals surface area (Å²) in [5.41, 5.74) is 6.40. The fourth-order valence-corrected chi connectivity index (χ4v) is 1.31. The molecule has 17 heavy (non-hydrogen) atoms. The molecule has 0 fully saturated rings. The van der Waals surface area contributed by atoms with E-state index in [1.54, 1.807) is 23.0 Å². The van der Waals surface area contributed by atoms with Crippen molar-refractivity contribution in [1.29, 1.82) is 0 Å². The molecule has 3 N–H and O–H groups in total. The van der Waals surface area contributed by atoms with E-state index in [4.69, 9.17) is 5.73 Å². The molecule has 1 aromatic heterocycles. The van der Waals surface area contributed by atoms with Gasteiger partial charge in [-0.15, -0.1) is 12.4 Å². The molecule has 0 atom stereocenters. The van der Waals surface area contributed by atoms with Crippen molar-refractivity contribution < 1.29 is 9.18 Å². The number of aromatic nitrogens is 1. The van der Waals surface area contributed by atoms with Gasteiger partial charge in [0.1, 0.15) is 0 Å². The summed E-state index contributed by atoms with van der Waals surface area (Å²) >= 11 is 0. The maximum atomic E-state index is 12.3. The molecule has 0 bridgehead atoms. The smallest absolute Gasteiger partial charge is 0.252 e. The second-order valence-electron chi connectivity index (χ2n) is 3.40. The maximum absolute atomic E-state index is 12.3. The fraction of sp³-hybridized carbons (Fsp3) is 0.364. The number of nitrogens with zero attached hydrogens (tertiary/aromatic N) is 1. The molecule has 1 rings (SSSR count). The highest BCUT2D eigenvalue weighted by Gasteiger charge is 2.06. The van der Waals surface area contributed by atoms with Crippen LogP contribution in [0.2, 0.25) is 0 Å². The Morgan fingerprint density at radius 3 is 2.88 bits per heavy atom. The second kappa shape index (κ2) is 7.86. The molecule has 1 amide bonds. The molecular weight excluding hydrogens is 245 g/mol. The second-order valence-corrected chi connectivity index (χ2v) is 3.40. The summed E-state index contributed by atoms with van der Waals surface area (Å²) in [4.78, 5) is 11.4. The minimum absolute atomic E-state index is 0. The molecule has 1 heterocycles. The van der Waals surface area contributed by atoms with Crippen LogP contribution in [0.25, 0.3) is 0 Å². The Morgan fingerprint density at radius 2 is 2.35 bits per heavy atom. The minimum atomic E-state index is -0.125. The van der Waals surface area contributed by atoms with Gasteiger partial charge in [0.2, 0.25) is 0 Å². The van der Waals surface area contributed by atoms with Crippen LogP contribution < -0.4 is 11.1 Å². The Kier molecular flexibility index (Phi) is 7.25. The molecule has 0 unspecified atom stereocenters. The highest BCUT2D eigenvalue weighted by Crippen LogP contribution is 2.05. The van der Waals surface area contributed by atoms with Crippen molar-refractivity contribution in [2.75, 3.05) is 13.1 Å². The van der Waals surface area contributed by atoms with Gasteiger partial charge in [-0.25, -0.2) is 4.39 Å². The summed E-state index contributed by atoms with van der Waals surface area (Å²) < 4.78 is 14.0. The zero-order valence-electron chi connectivity index (χ0n) is 9.65. The molecule has 0 aliphatic carbocycles. The largest absolute Gasteiger partial charge is 0.352 e. The number of carbonyl (C=O) groups excluding carboxylic acids is 1. The van der Waals surface area contributed by atoms with Gasteiger partial charge < -0.3 is 15.6 Å². The van der Waals surface area contributed by atoms with Crippen LogP contribution in [-0.4, -0.2) is 23.6 Å². The quantitative estimate of drug-likeness (QED) is 0.843. The minimum Gasteiger partial charge on any atom is -0.352 e. The van der Waals surface area contributed by atoms with E-state index in [1.807, 2.05) is 6.92 Å². The standard InChI is InChI=1S/C11H16FN3O.ClH/c1-2-14-11(16)10-3-4-15(8-10)7-9(5-12)6-13;/h3-5,8H,2,6-7,13H2,1H3,(H,14,16);1H/b9-5+;. The summed E-state index contributed by atoms with van der Waals surface area (Å²) in [7, 11) is 0. The van der Waals surface area contributed by atoms with Crippen LogP contribution in [0.15, 0.2) is 30.4 Å². The van der Waals surface area contributed by atoms with Gasteiger partial charge in [-0.2, -0.15) is 0 Å². The van der Waals surface area contributed by atoms with Crippen LogP contribution in [0, 0.1) is 0 Å². The monoisotopic (exact) mass is 261 g/mol. The average molecular weight is 262 g/mol. The molecule has 0 aliphatic rings. The first-order chi connectivity index (χ1) is 7.71. The van der Waals surface area contributed by atoms with Crippen molar-refractivity contribution in [3.05, 3.63) is 35.9 Å². The number of rotatable bonds is 5. The van der Waals surface area contributed by atoms with Crippen LogP contribution in [0.5, 0.6) is 0 Å². The van der Waals surface area contributed by atoms with Gasteiger partial charge >= 0.3 is 0 Å². The Bertz CT molecular complexity index is 390. The number of nitrogens with one attached hydrogen (secondary N) is 1. The van der Waals surface area contributed by atoms with E-state index in [0.717, 1.165) is 0 Å². The third-order valence-corrected chi connectivity index (χ3v) is 2.15. The lowest BCUT2D eigenvalue weighted by Gasteiger charge is -2.03. The molecule has 0 saturated carbocycles. The third kappa shape index (κ3) is 4.58. The Labute approximate surface area is 106 Å². The van der Waals surface area contributed by atoms with Gasteiger partial charge in [-0.3, -0.25) is 4.79 Å². The highest BCUT2D eigenvalue weighted by molar-refractivity contribution is 5.93. The van der Waals surface area contributed by atoms with Crippen LogP contribution in [0.4, 0.5) is 4.39 Å². The van der Waals surface area contributed by atoms with Crippen LogP contribution in [-0.2, 0) is 6.54 Å². The number of nitrogens with two attached hydrogens (primary N) is 1. The molecule has 0 aliphatic heterocycles. The van der Waals surface area contributed by atoms with Gasteiger partial charge in [0, 0.05) is 32.0 Å². The molecule has 0 spiro atoms. The third-order valence-electron chi connectivity index (χ3n) is 2.15. The number of hydrogen-bond acceptors (Lipinski definition) is 2. The van der Waals surface area contributed by atoms with Crippen LogP contribution in [0.1, 0.15) is 17.3 Å². The van der Waals surface area contributed by atoms with Crippen molar-refractivity contribution in [3.63, 3.8) is 0 Å². The zero-order chi connectivity index (χ0) is 12.0. The van der Waals surface area contributed by atoms with E-state index in [9.17, 15) is 9.18 Å².